The van der Waals surface area contributed by atoms with Crippen LogP contribution in [-0.4, -0.2) is 15.8 Å². The molecular formula is C23H24N4O. The fourth-order valence-corrected chi connectivity index (χ4v) is 3.53. The molecule has 4 rings (SSSR count). The summed E-state index contributed by atoms with van der Waals surface area (Å²) in [6.45, 7) is 4.22. The number of ketones is 1. The molecule has 1 atom stereocenters. The molecule has 28 heavy (non-hydrogen) atoms. The first kappa shape index (κ1) is 18.2. The SMILES string of the molecule is CCc1ccc(Nc2nc(Nc3ccccc3)nc3c2C(=O)CC(C)C3)cc1. The molecule has 0 radical (unpaired) electrons. The van der Waals surface area contributed by atoms with Gasteiger partial charge in [-0.05, 0) is 48.6 Å². The molecule has 0 amide bonds. The van der Waals surface area contributed by atoms with Gasteiger partial charge in [0.15, 0.2) is 5.78 Å². The fraction of sp³-hybridized carbons (Fsp3) is 0.261. The van der Waals surface area contributed by atoms with Crippen molar-refractivity contribution in [2.75, 3.05) is 10.6 Å². The van der Waals surface area contributed by atoms with Crippen molar-refractivity contribution in [3.05, 3.63) is 71.4 Å². The van der Waals surface area contributed by atoms with Crippen LogP contribution in [0, 0.1) is 5.92 Å². The molecule has 2 aromatic carbocycles. The third kappa shape index (κ3) is 3.88. The third-order valence-electron chi connectivity index (χ3n) is 4.99. The molecule has 5 nitrogen and oxygen atoms in total. The molecule has 0 spiro atoms. The fourth-order valence-electron chi connectivity index (χ4n) is 3.53. The maximum absolute atomic E-state index is 12.7. The summed E-state index contributed by atoms with van der Waals surface area (Å²) in [4.78, 5) is 22.0. The first-order chi connectivity index (χ1) is 13.6. The van der Waals surface area contributed by atoms with Gasteiger partial charge in [0.1, 0.15) is 5.82 Å². The number of hydrogen-bond donors (Lipinski definition) is 2. The lowest BCUT2D eigenvalue weighted by molar-refractivity contribution is 0.0953. The number of nitrogens with zero attached hydrogens (tertiary/aromatic N) is 2. The van der Waals surface area contributed by atoms with E-state index < -0.39 is 0 Å². The number of aromatic nitrogens is 2. The van der Waals surface area contributed by atoms with Crippen LogP contribution >= 0.6 is 0 Å². The van der Waals surface area contributed by atoms with Gasteiger partial charge in [0.2, 0.25) is 5.95 Å². The van der Waals surface area contributed by atoms with Crippen LogP contribution in [0.5, 0.6) is 0 Å². The highest BCUT2D eigenvalue weighted by Gasteiger charge is 2.28. The monoisotopic (exact) mass is 372 g/mol. The van der Waals surface area contributed by atoms with Crippen LogP contribution in [0.15, 0.2) is 54.6 Å². The van der Waals surface area contributed by atoms with Crippen LogP contribution in [0.4, 0.5) is 23.1 Å². The summed E-state index contributed by atoms with van der Waals surface area (Å²) in [7, 11) is 0. The minimum absolute atomic E-state index is 0.104. The maximum atomic E-state index is 12.7. The van der Waals surface area contributed by atoms with Crippen molar-refractivity contribution in [2.45, 2.75) is 33.1 Å². The Balaban J connectivity index is 1.72. The van der Waals surface area contributed by atoms with Crippen molar-refractivity contribution in [3.8, 4) is 0 Å². The zero-order valence-electron chi connectivity index (χ0n) is 16.2. The van der Waals surface area contributed by atoms with E-state index in [1.54, 1.807) is 0 Å². The molecule has 5 heteroatoms. The van der Waals surface area contributed by atoms with Gasteiger partial charge in [-0.15, -0.1) is 0 Å². The van der Waals surface area contributed by atoms with Gasteiger partial charge in [-0.25, -0.2) is 4.98 Å². The second kappa shape index (κ2) is 7.80. The highest BCUT2D eigenvalue weighted by atomic mass is 16.1. The van der Waals surface area contributed by atoms with Crippen molar-refractivity contribution >= 4 is 28.9 Å². The Bertz CT molecular complexity index is 983. The van der Waals surface area contributed by atoms with E-state index in [1.165, 1.54) is 5.56 Å². The van der Waals surface area contributed by atoms with Gasteiger partial charge in [-0.3, -0.25) is 4.79 Å². The highest BCUT2D eigenvalue weighted by molar-refractivity contribution is 6.03. The van der Waals surface area contributed by atoms with Crippen molar-refractivity contribution < 1.29 is 4.79 Å². The average molecular weight is 372 g/mol. The molecule has 1 heterocycles. The van der Waals surface area contributed by atoms with Crippen molar-refractivity contribution in [1.29, 1.82) is 0 Å². The molecule has 0 aliphatic heterocycles. The number of carbonyl (C=O) groups is 1. The number of benzene rings is 2. The Kier molecular flexibility index (Phi) is 5.06. The van der Waals surface area contributed by atoms with E-state index >= 15 is 0 Å². The van der Waals surface area contributed by atoms with Crippen molar-refractivity contribution in [3.63, 3.8) is 0 Å². The van der Waals surface area contributed by atoms with Gasteiger partial charge in [0.05, 0.1) is 11.3 Å². The Morgan fingerprint density at radius 3 is 2.36 bits per heavy atom. The number of rotatable bonds is 5. The van der Waals surface area contributed by atoms with E-state index in [-0.39, 0.29) is 11.7 Å². The van der Waals surface area contributed by atoms with Gasteiger partial charge in [-0.2, -0.15) is 4.98 Å². The van der Waals surface area contributed by atoms with Gasteiger partial charge in [0, 0.05) is 17.8 Å². The number of carbonyl (C=O) groups excluding carboxylic acids is 1. The summed E-state index contributed by atoms with van der Waals surface area (Å²) in [5.74, 6) is 1.47. The molecular weight excluding hydrogens is 348 g/mol. The summed E-state index contributed by atoms with van der Waals surface area (Å²) in [5.41, 5.74) is 4.53. The molecule has 0 bridgehead atoms. The molecule has 142 valence electrons. The topological polar surface area (TPSA) is 66.9 Å². The van der Waals surface area contributed by atoms with Gasteiger partial charge >= 0.3 is 0 Å². The minimum atomic E-state index is 0.104. The number of nitrogens with one attached hydrogen (secondary N) is 2. The average Bonchev–Trinajstić information content (AvgIpc) is 2.68. The summed E-state index contributed by atoms with van der Waals surface area (Å²) in [6.07, 6.45) is 2.30. The zero-order chi connectivity index (χ0) is 19.5. The van der Waals surface area contributed by atoms with Crippen LogP contribution in [0.1, 0.15) is 41.9 Å². The quantitative estimate of drug-likeness (QED) is 0.637. The second-order valence-corrected chi connectivity index (χ2v) is 7.32. The molecule has 1 aliphatic carbocycles. The van der Waals surface area contributed by atoms with E-state index in [0.29, 0.717) is 23.8 Å². The summed E-state index contributed by atoms with van der Waals surface area (Å²) in [5, 5.41) is 6.60. The highest BCUT2D eigenvalue weighted by Crippen LogP contribution is 2.32. The largest absolute Gasteiger partial charge is 0.339 e. The minimum Gasteiger partial charge on any atom is -0.339 e. The first-order valence-corrected chi connectivity index (χ1v) is 9.74. The number of aryl methyl sites for hydroxylation is 1. The number of anilines is 4. The lowest BCUT2D eigenvalue weighted by atomic mass is 9.87. The van der Waals surface area contributed by atoms with Crippen LogP contribution < -0.4 is 10.6 Å². The molecule has 2 N–H and O–H groups in total. The van der Waals surface area contributed by atoms with Crippen LogP contribution in [0.2, 0.25) is 0 Å². The molecule has 1 unspecified atom stereocenters. The first-order valence-electron chi connectivity index (χ1n) is 9.74. The molecule has 1 aromatic heterocycles. The number of hydrogen-bond acceptors (Lipinski definition) is 5. The number of fused-ring (bicyclic) bond motifs is 1. The Morgan fingerprint density at radius 2 is 1.64 bits per heavy atom. The van der Waals surface area contributed by atoms with Crippen molar-refractivity contribution in [2.24, 2.45) is 5.92 Å². The number of para-hydroxylation sites is 1. The van der Waals surface area contributed by atoms with Crippen molar-refractivity contribution in [1.82, 2.24) is 9.97 Å². The smallest absolute Gasteiger partial charge is 0.229 e. The lowest BCUT2D eigenvalue weighted by Gasteiger charge is -2.23. The van der Waals surface area contributed by atoms with E-state index in [1.807, 2.05) is 42.5 Å². The summed E-state index contributed by atoms with van der Waals surface area (Å²) >= 11 is 0. The standard InChI is InChI=1S/C23H24N4O/c1-3-16-9-11-18(12-10-16)24-22-21-19(13-15(2)14-20(21)28)26-23(27-22)25-17-7-5-4-6-8-17/h4-12,15H,3,13-14H2,1-2H3,(H2,24,25,26,27). The Labute approximate surface area is 165 Å². The summed E-state index contributed by atoms with van der Waals surface area (Å²) in [6, 6.07) is 18.0. The molecule has 3 aromatic rings. The van der Waals surface area contributed by atoms with Crippen LogP contribution in [0.25, 0.3) is 0 Å². The molecule has 1 aliphatic rings. The van der Waals surface area contributed by atoms with Crippen LogP contribution in [0.3, 0.4) is 0 Å². The van der Waals surface area contributed by atoms with E-state index in [0.717, 1.165) is 29.9 Å². The number of Topliss-reactive ketones (excluding diaryl/α,β-unsaturated/α-hetero) is 1. The molecule has 0 fully saturated rings. The van der Waals surface area contributed by atoms with Crippen LogP contribution in [-0.2, 0) is 12.8 Å². The second-order valence-electron chi connectivity index (χ2n) is 7.32. The van der Waals surface area contributed by atoms with E-state index in [9.17, 15) is 4.79 Å². The van der Waals surface area contributed by atoms with Gasteiger partial charge in [0.25, 0.3) is 0 Å². The lowest BCUT2D eigenvalue weighted by Crippen LogP contribution is -2.22. The van der Waals surface area contributed by atoms with Gasteiger partial charge < -0.3 is 10.6 Å². The normalized spacial score (nSPS) is 15.8. The zero-order valence-corrected chi connectivity index (χ0v) is 16.2. The van der Waals surface area contributed by atoms with E-state index in [4.69, 9.17) is 0 Å². The van der Waals surface area contributed by atoms with E-state index in [2.05, 4.69) is 46.6 Å². The summed E-state index contributed by atoms with van der Waals surface area (Å²) < 4.78 is 0. The molecule has 0 saturated heterocycles. The van der Waals surface area contributed by atoms with Gasteiger partial charge in [-0.1, -0.05) is 44.2 Å². The molecule has 0 saturated carbocycles. The Hall–Kier alpha value is -3.21. The predicted octanol–water partition coefficient (Wildman–Crippen LogP) is 5.29. The Morgan fingerprint density at radius 1 is 0.929 bits per heavy atom. The third-order valence-corrected chi connectivity index (χ3v) is 4.99. The predicted molar refractivity (Wildman–Crippen MR) is 113 cm³/mol. The maximum Gasteiger partial charge on any atom is 0.229 e.